The van der Waals surface area contributed by atoms with Gasteiger partial charge in [0.25, 0.3) is 0 Å². The van der Waals surface area contributed by atoms with Crippen LogP contribution in [-0.4, -0.2) is 63.7 Å². The molecule has 38 heavy (non-hydrogen) atoms. The molecule has 6 rings (SSSR count). The maximum atomic E-state index is 13.5. The Hall–Kier alpha value is -2.30. The number of aliphatic hydroxyl groups excluding tert-OH is 1. The highest BCUT2D eigenvalue weighted by atomic mass is 35.5. The van der Waals surface area contributed by atoms with Gasteiger partial charge in [0.05, 0.1) is 23.7 Å². The van der Waals surface area contributed by atoms with Crippen LogP contribution in [-0.2, 0) is 0 Å². The first kappa shape index (κ1) is 28.7. The summed E-state index contributed by atoms with van der Waals surface area (Å²) in [5.41, 5.74) is 2.78. The molecular weight excluding hydrogens is 537 g/mol. The van der Waals surface area contributed by atoms with Gasteiger partial charge in [-0.3, -0.25) is 9.80 Å². The van der Waals surface area contributed by atoms with Crippen LogP contribution < -0.4 is 0 Å². The van der Waals surface area contributed by atoms with E-state index in [-0.39, 0.29) is 54.5 Å². The summed E-state index contributed by atoms with van der Waals surface area (Å²) in [5, 5.41) is 21.0. The average molecular weight is 569 g/mol. The van der Waals surface area contributed by atoms with Gasteiger partial charge in [-0.1, -0.05) is 10.3 Å². The molecule has 0 saturated carbocycles. The molecule has 2 aliphatic rings. The third-order valence-corrected chi connectivity index (χ3v) is 7.94. The van der Waals surface area contributed by atoms with Crippen molar-refractivity contribution in [2.45, 2.75) is 56.7 Å². The number of aromatic nitrogens is 2. The van der Waals surface area contributed by atoms with Crippen molar-refractivity contribution in [2.24, 2.45) is 0 Å². The van der Waals surface area contributed by atoms with Gasteiger partial charge in [0.15, 0.2) is 11.2 Å². The van der Waals surface area contributed by atoms with Crippen LogP contribution >= 0.6 is 24.8 Å². The first-order chi connectivity index (χ1) is 17.5. The topological polar surface area (TPSA) is 78.8 Å². The van der Waals surface area contributed by atoms with E-state index < -0.39 is 6.10 Å². The van der Waals surface area contributed by atoms with Crippen LogP contribution in [0.5, 0.6) is 0 Å². The van der Waals surface area contributed by atoms with Crippen molar-refractivity contribution in [2.75, 3.05) is 26.2 Å². The predicted octanol–water partition coefficient (Wildman–Crippen LogP) is 5.86. The first-order valence-electron chi connectivity index (χ1n) is 12.7. The zero-order valence-corrected chi connectivity index (χ0v) is 22.7. The van der Waals surface area contributed by atoms with Gasteiger partial charge in [-0.15, -0.1) is 24.8 Å². The Kier molecular flexibility index (Phi) is 8.94. The molecule has 0 bridgehead atoms. The van der Waals surface area contributed by atoms with Crippen LogP contribution in [0.15, 0.2) is 45.4 Å². The van der Waals surface area contributed by atoms with Gasteiger partial charge in [0.1, 0.15) is 11.6 Å². The number of piperidine rings is 2. The third-order valence-electron chi connectivity index (χ3n) is 7.94. The number of aliphatic hydroxyl groups is 1. The quantitative estimate of drug-likeness (QED) is 0.323. The molecule has 1 atom stereocenters. The van der Waals surface area contributed by atoms with E-state index in [0.29, 0.717) is 11.2 Å². The van der Waals surface area contributed by atoms with Gasteiger partial charge in [0, 0.05) is 60.9 Å². The number of hydrogen-bond acceptors (Lipinski definition) is 7. The van der Waals surface area contributed by atoms with E-state index in [1.165, 1.54) is 24.3 Å². The molecule has 0 amide bonds. The van der Waals surface area contributed by atoms with Crippen molar-refractivity contribution >= 4 is 46.8 Å². The van der Waals surface area contributed by atoms with Crippen molar-refractivity contribution in [3.63, 3.8) is 0 Å². The number of likely N-dealkylation sites (tertiary alicyclic amines) is 2. The summed E-state index contributed by atoms with van der Waals surface area (Å²) in [4.78, 5) is 4.75. The number of hydrogen-bond donors (Lipinski definition) is 1. The normalized spacial score (nSPS) is 19.1. The second-order valence-electron chi connectivity index (χ2n) is 10.2. The summed E-state index contributed by atoms with van der Waals surface area (Å²) < 4.78 is 37.8. The highest BCUT2D eigenvalue weighted by Crippen LogP contribution is 2.36. The predicted molar refractivity (Wildman–Crippen MR) is 145 cm³/mol. The molecule has 2 aliphatic heterocycles. The maximum Gasteiger partial charge on any atom is 0.170 e. The van der Waals surface area contributed by atoms with Gasteiger partial charge in [-0.05, 0) is 56.9 Å². The second kappa shape index (κ2) is 11.8. The van der Waals surface area contributed by atoms with Crippen LogP contribution in [0.25, 0.3) is 21.9 Å². The van der Waals surface area contributed by atoms with E-state index in [1.807, 2.05) is 6.92 Å². The molecule has 0 aliphatic carbocycles. The van der Waals surface area contributed by atoms with Crippen LogP contribution in [0.2, 0.25) is 0 Å². The average Bonchev–Trinajstić information content (AvgIpc) is 3.48. The van der Waals surface area contributed by atoms with E-state index in [1.54, 1.807) is 12.1 Å². The van der Waals surface area contributed by atoms with Crippen molar-refractivity contribution in [1.82, 2.24) is 20.1 Å². The largest absolute Gasteiger partial charge is 0.390 e. The minimum atomic E-state index is -0.496. The summed E-state index contributed by atoms with van der Waals surface area (Å²) in [6.45, 7) is 5.23. The van der Waals surface area contributed by atoms with E-state index in [4.69, 9.17) is 9.05 Å². The van der Waals surface area contributed by atoms with E-state index >= 15 is 0 Å². The molecule has 2 saturated heterocycles. The Bertz CT molecular complexity index is 1270. The molecule has 11 heteroatoms. The molecule has 4 aromatic rings. The smallest absolute Gasteiger partial charge is 0.170 e. The second-order valence-corrected chi connectivity index (χ2v) is 10.2. The number of rotatable bonds is 5. The number of fused-ring (bicyclic) bond motifs is 2. The molecule has 4 heterocycles. The Labute approximate surface area is 231 Å². The lowest BCUT2D eigenvalue weighted by Crippen LogP contribution is -2.57. The number of nitrogens with zero attached hydrogens (tertiary/aromatic N) is 4. The lowest BCUT2D eigenvalue weighted by Gasteiger charge is -2.46. The maximum absolute atomic E-state index is 13.5. The summed E-state index contributed by atoms with van der Waals surface area (Å²) in [7, 11) is 0. The van der Waals surface area contributed by atoms with Crippen LogP contribution in [0.3, 0.4) is 0 Å². The van der Waals surface area contributed by atoms with Gasteiger partial charge < -0.3 is 14.2 Å². The summed E-state index contributed by atoms with van der Waals surface area (Å²) >= 11 is 0. The van der Waals surface area contributed by atoms with Gasteiger partial charge >= 0.3 is 0 Å². The third kappa shape index (κ3) is 5.40. The molecule has 7 nitrogen and oxygen atoms in total. The van der Waals surface area contributed by atoms with Gasteiger partial charge in [0.2, 0.25) is 0 Å². The minimum absolute atomic E-state index is 0. The van der Waals surface area contributed by atoms with Crippen molar-refractivity contribution in [3.05, 3.63) is 59.4 Å². The van der Waals surface area contributed by atoms with Gasteiger partial charge in [-0.2, -0.15) is 0 Å². The fourth-order valence-corrected chi connectivity index (χ4v) is 6.17. The molecule has 0 radical (unpaired) electrons. The fraction of sp³-hybridized carbons (Fsp3) is 0.481. The standard InChI is InChI=1S/C27H30F2N4O3.2ClH/c1-16(34)27(32-10-6-17(7-11-32)25-21-4-2-19(28)14-23(21)35-30-25)33-12-8-18(9-13-33)26-22-5-3-20(29)15-24(22)36-31-26;;/h2-5,14-18,27,34H,6-13H2,1H3;2*1H. The highest BCUT2D eigenvalue weighted by molar-refractivity contribution is 5.85. The van der Waals surface area contributed by atoms with Crippen molar-refractivity contribution in [1.29, 1.82) is 0 Å². The minimum Gasteiger partial charge on any atom is -0.390 e. The molecule has 2 aromatic carbocycles. The highest BCUT2D eigenvalue weighted by Gasteiger charge is 2.36. The fourth-order valence-electron chi connectivity index (χ4n) is 6.17. The molecule has 1 unspecified atom stereocenters. The van der Waals surface area contributed by atoms with E-state index in [2.05, 4.69) is 20.1 Å². The lowest BCUT2D eigenvalue weighted by molar-refractivity contribution is -0.0583. The Balaban J connectivity index is 0.00000168. The van der Waals surface area contributed by atoms with Gasteiger partial charge in [-0.25, -0.2) is 8.78 Å². The zero-order valence-electron chi connectivity index (χ0n) is 21.1. The number of benzene rings is 2. The van der Waals surface area contributed by atoms with Crippen molar-refractivity contribution < 1.29 is 22.9 Å². The van der Waals surface area contributed by atoms with Crippen LogP contribution in [0, 0.1) is 11.6 Å². The summed E-state index contributed by atoms with van der Waals surface area (Å²) in [6, 6.07) is 9.17. The molecular formula is C27H32Cl2F2N4O3. The Morgan fingerprint density at radius 1 is 0.763 bits per heavy atom. The van der Waals surface area contributed by atoms with Crippen LogP contribution in [0.4, 0.5) is 8.78 Å². The first-order valence-corrected chi connectivity index (χ1v) is 12.7. The monoisotopic (exact) mass is 568 g/mol. The lowest BCUT2D eigenvalue weighted by atomic mass is 9.89. The molecule has 2 aromatic heterocycles. The number of halogens is 4. The molecule has 0 spiro atoms. The molecule has 2 fully saturated rings. The Morgan fingerprint density at radius 2 is 1.16 bits per heavy atom. The zero-order chi connectivity index (χ0) is 24.8. The van der Waals surface area contributed by atoms with E-state index in [0.717, 1.165) is 74.0 Å². The van der Waals surface area contributed by atoms with Crippen molar-refractivity contribution in [3.8, 4) is 0 Å². The molecule has 206 valence electrons. The Morgan fingerprint density at radius 3 is 1.53 bits per heavy atom. The summed E-state index contributed by atoms with van der Waals surface area (Å²) in [6.07, 6.45) is 3.06. The summed E-state index contributed by atoms with van der Waals surface area (Å²) in [5.74, 6) is -0.152. The van der Waals surface area contributed by atoms with E-state index in [9.17, 15) is 13.9 Å². The molecule has 1 N–H and O–H groups in total. The van der Waals surface area contributed by atoms with Crippen LogP contribution in [0.1, 0.15) is 55.8 Å². The SMILES string of the molecule is CC(O)C(N1CCC(c2noc3cc(F)ccc23)CC1)N1CCC(c2noc3cc(F)ccc23)CC1.Cl.Cl.